The summed E-state index contributed by atoms with van der Waals surface area (Å²) in [5, 5.41) is 56.0. The first-order chi connectivity index (χ1) is 23.1. The van der Waals surface area contributed by atoms with Crippen molar-refractivity contribution in [2.45, 2.75) is 44.2 Å². The van der Waals surface area contributed by atoms with Gasteiger partial charge in [0.1, 0.15) is 35.9 Å². The van der Waals surface area contributed by atoms with E-state index in [2.05, 4.69) is 37.3 Å². The normalized spacial score (nSPS) is 20.9. The van der Waals surface area contributed by atoms with Crippen molar-refractivity contribution in [3.8, 4) is 11.8 Å². The minimum Gasteiger partial charge on any atom is -0.492 e. The molecular weight excluding hydrogens is 654 g/mol. The smallest absolute Gasteiger partial charge is 0.248 e. The van der Waals surface area contributed by atoms with Crippen molar-refractivity contribution in [3.63, 3.8) is 0 Å². The van der Waals surface area contributed by atoms with Gasteiger partial charge in [0.05, 0.1) is 52.6 Å². The quantitative estimate of drug-likeness (QED) is 0.0943. The number of pyridine rings is 1. The number of nitriles is 1. The first kappa shape index (κ1) is 34.6. The molecule has 17 heteroatoms. The Bertz CT molecular complexity index is 1850. The van der Waals surface area contributed by atoms with Crippen LogP contribution < -0.4 is 20.7 Å². The molecule has 0 aliphatic carbocycles. The molecule has 6 N–H and O–H groups in total. The molecule has 1 fully saturated rings. The molecule has 3 heterocycles. The van der Waals surface area contributed by atoms with Gasteiger partial charge in [0.2, 0.25) is 5.91 Å². The molecule has 5 atom stereocenters. The van der Waals surface area contributed by atoms with E-state index in [1.807, 2.05) is 0 Å². The van der Waals surface area contributed by atoms with Gasteiger partial charge < -0.3 is 40.7 Å². The highest BCUT2D eigenvalue weighted by atomic mass is 35.5. The lowest BCUT2D eigenvalue weighted by Gasteiger charge is -2.38. The molecule has 2 aromatic carbocycles. The Hall–Kier alpha value is -4.76. The van der Waals surface area contributed by atoms with Crippen LogP contribution in [-0.2, 0) is 16.1 Å². The summed E-state index contributed by atoms with van der Waals surface area (Å²) in [5.74, 6) is -0.715. The summed E-state index contributed by atoms with van der Waals surface area (Å²) in [6.07, 6.45) is -2.28. The van der Waals surface area contributed by atoms with E-state index in [0.717, 1.165) is 4.68 Å². The Morgan fingerprint density at radius 1 is 1.27 bits per heavy atom. The van der Waals surface area contributed by atoms with E-state index in [1.165, 1.54) is 36.7 Å². The third-order valence-electron chi connectivity index (χ3n) is 7.32. The molecule has 1 saturated heterocycles. The fourth-order valence-corrected chi connectivity index (χ4v) is 5.12. The highest BCUT2D eigenvalue weighted by Crippen LogP contribution is 2.37. The van der Waals surface area contributed by atoms with Crippen molar-refractivity contribution >= 4 is 45.5 Å². The number of fused-ring (bicyclic) bond motifs is 1. The molecule has 14 nitrogen and oxygen atoms in total. The molecule has 0 radical (unpaired) electrons. The van der Waals surface area contributed by atoms with Crippen LogP contribution in [0.15, 0.2) is 54.9 Å². The Morgan fingerprint density at radius 3 is 2.81 bits per heavy atom. The van der Waals surface area contributed by atoms with Crippen molar-refractivity contribution in [1.82, 2.24) is 25.3 Å². The number of alkyl halides is 1. The summed E-state index contributed by atoms with van der Waals surface area (Å²) in [5.41, 5.74) is 2.21. The van der Waals surface area contributed by atoms with Gasteiger partial charge in [0, 0.05) is 42.5 Å². The minimum absolute atomic E-state index is 0.0979. The summed E-state index contributed by atoms with van der Waals surface area (Å²) in [4.78, 5) is 17.2. The van der Waals surface area contributed by atoms with Crippen LogP contribution in [-0.4, -0.2) is 85.4 Å². The van der Waals surface area contributed by atoms with Crippen LogP contribution in [0.1, 0.15) is 24.4 Å². The number of anilines is 3. The van der Waals surface area contributed by atoms with Gasteiger partial charge in [-0.2, -0.15) is 5.26 Å². The van der Waals surface area contributed by atoms with Crippen LogP contribution in [0.3, 0.4) is 0 Å². The van der Waals surface area contributed by atoms with Crippen LogP contribution in [0.2, 0.25) is 5.02 Å². The van der Waals surface area contributed by atoms with Crippen molar-refractivity contribution in [3.05, 3.63) is 77.0 Å². The van der Waals surface area contributed by atoms with Crippen LogP contribution in [0.4, 0.5) is 25.8 Å². The lowest BCUT2D eigenvalue weighted by Crippen LogP contribution is -2.55. The molecule has 2 aromatic heterocycles. The number of benzene rings is 2. The number of ether oxygens (including phenoxy) is 2. The van der Waals surface area contributed by atoms with Gasteiger partial charge in [-0.25, -0.2) is 13.5 Å². The fraction of sp³-hybridized carbons (Fsp3) is 0.323. The van der Waals surface area contributed by atoms with Crippen molar-refractivity contribution < 1.29 is 38.4 Å². The van der Waals surface area contributed by atoms with Crippen molar-refractivity contribution in [2.75, 3.05) is 30.4 Å². The lowest BCUT2D eigenvalue weighted by atomic mass is 9.99. The maximum absolute atomic E-state index is 14.6. The number of carbonyl (C=O) groups excluding carboxylic acids is 1. The number of halogens is 3. The van der Waals surface area contributed by atoms with E-state index in [1.54, 1.807) is 25.1 Å². The van der Waals surface area contributed by atoms with Gasteiger partial charge in [-0.05, 0) is 31.2 Å². The van der Waals surface area contributed by atoms with Crippen LogP contribution in [0, 0.1) is 17.1 Å². The van der Waals surface area contributed by atoms with Crippen molar-refractivity contribution in [2.24, 2.45) is 0 Å². The zero-order chi connectivity index (χ0) is 34.4. The van der Waals surface area contributed by atoms with E-state index >= 15 is 0 Å². The number of nitrogens with one attached hydrogen (secondary N) is 3. The molecule has 4 aromatic rings. The van der Waals surface area contributed by atoms with Crippen LogP contribution in [0.5, 0.6) is 5.75 Å². The Kier molecular flexibility index (Phi) is 11.1. The first-order valence-electron chi connectivity index (χ1n) is 14.7. The number of carbonyl (C=O) groups is 1. The highest BCUT2D eigenvalue weighted by molar-refractivity contribution is 6.31. The van der Waals surface area contributed by atoms with E-state index in [4.69, 9.17) is 21.1 Å². The van der Waals surface area contributed by atoms with Gasteiger partial charge >= 0.3 is 0 Å². The zero-order valence-corrected chi connectivity index (χ0v) is 26.1. The molecular formula is C31H31ClF2N8O6. The van der Waals surface area contributed by atoms with E-state index in [9.17, 15) is 34.2 Å². The number of rotatable bonds is 12. The van der Waals surface area contributed by atoms with E-state index < -0.39 is 49.0 Å². The largest absolute Gasteiger partial charge is 0.492 e. The molecule has 1 aliphatic heterocycles. The topological polar surface area (TPSA) is 200 Å². The second kappa shape index (κ2) is 15.4. The zero-order valence-electron chi connectivity index (χ0n) is 25.3. The second-order valence-electron chi connectivity index (χ2n) is 10.6. The molecule has 1 amide bonds. The first-order valence-corrected chi connectivity index (χ1v) is 15.1. The number of aliphatic hydroxyl groups is 3. The lowest BCUT2D eigenvalue weighted by molar-refractivity contribution is -0.237. The Labute approximate surface area is 277 Å². The standard InChI is InChI=1S/C31H31ClF2N8O6/c1-2-47-24-10-22-19(28(16(11-35)12-37-22)38-17-5-6-21(33)20(32)8-17)9-23(24)39-26(44)4-3-7-36-13-18-14-42(41-40-18)31-27(34)30(46)29(45)25(15-43)48-31/h3-6,8-10,12,14,25,27,29-31,36,43,45-46H,2,7,13,15H2,1H3,(H,37,38)(H,39,44)/b4-3+. The highest BCUT2D eigenvalue weighted by Gasteiger charge is 2.46. The maximum Gasteiger partial charge on any atom is 0.248 e. The van der Waals surface area contributed by atoms with Gasteiger partial charge in [-0.1, -0.05) is 22.9 Å². The predicted octanol–water partition coefficient (Wildman–Crippen LogP) is 2.87. The van der Waals surface area contributed by atoms with Gasteiger partial charge in [0.25, 0.3) is 0 Å². The van der Waals surface area contributed by atoms with E-state index in [-0.39, 0.29) is 23.7 Å². The van der Waals surface area contributed by atoms with Crippen LogP contribution >= 0.6 is 11.6 Å². The fourth-order valence-electron chi connectivity index (χ4n) is 4.94. The summed E-state index contributed by atoms with van der Waals surface area (Å²) >= 11 is 5.94. The second-order valence-corrected chi connectivity index (χ2v) is 11.0. The molecule has 0 bridgehead atoms. The third kappa shape index (κ3) is 7.68. The summed E-state index contributed by atoms with van der Waals surface area (Å²) in [6, 6.07) is 9.39. The van der Waals surface area contributed by atoms with Crippen molar-refractivity contribution in [1.29, 1.82) is 5.26 Å². The van der Waals surface area contributed by atoms with Gasteiger partial charge in [-0.15, -0.1) is 5.10 Å². The molecule has 48 heavy (non-hydrogen) atoms. The number of nitrogens with zero attached hydrogens (tertiary/aromatic N) is 5. The monoisotopic (exact) mass is 684 g/mol. The molecule has 5 rings (SSSR count). The molecule has 5 unspecified atom stereocenters. The summed E-state index contributed by atoms with van der Waals surface area (Å²) in [7, 11) is 0. The number of aliphatic hydroxyl groups excluding tert-OH is 3. The summed E-state index contributed by atoms with van der Waals surface area (Å²) in [6.45, 7) is 1.89. The van der Waals surface area contributed by atoms with Gasteiger partial charge in [-0.3, -0.25) is 9.78 Å². The van der Waals surface area contributed by atoms with Crippen LogP contribution in [0.25, 0.3) is 10.9 Å². The maximum atomic E-state index is 14.6. The average Bonchev–Trinajstić information content (AvgIpc) is 3.54. The Morgan fingerprint density at radius 2 is 2.08 bits per heavy atom. The molecule has 252 valence electrons. The van der Waals surface area contributed by atoms with Gasteiger partial charge in [0.15, 0.2) is 12.4 Å². The molecule has 1 aliphatic rings. The third-order valence-corrected chi connectivity index (χ3v) is 7.61. The Balaban J connectivity index is 1.24. The minimum atomic E-state index is -2.00. The number of hydrogen-bond donors (Lipinski definition) is 6. The average molecular weight is 685 g/mol. The number of aromatic nitrogens is 4. The van der Waals surface area contributed by atoms with E-state index in [0.29, 0.717) is 46.0 Å². The SMILES string of the molecule is CCOc1cc2ncc(C#N)c(Nc3ccc(F)c(Cl)c3)c2cc1NC(=O)/C=C/CNCc1cn(C2OC(CO)C(O)C(O)C2F)nn1. The predicted molar refractivity (Wildman–Crippen MR) is 170 cm³/mol. The number of amides is 1. The molecule has 0 saturated carbocycles. The number of hydrogen-bond acceptors (Lipinski definition) is 12. The summed E-state index contributed by atoms with van der Waals surface area (Å²) < 4.78 is 40.5. The molecule has 0 spiro atoms.